The molecule has 3 heterocycles. The number of rotatable bonds is 8. The summed E-state index contributed by atoms with van der Waals surface area (Å²) >= 11 is 1.27. The lowest BCUT2D eigenvalue weighted by atomic mass is 10.1. The summed E-state index contributed by atoms with van der Waals surface area (Å²) in [7, 11) is -3.49. The lowest BCUT2D eigenvalue weighted by Crippen LogP contribution is -2.35. The molecule has 9 nitrogen and oxygen atoms in total. The monoisotopic (exact) mass is 451 g/mol. The van der Waals surface area contributed by atoms with Gasteiger partial charge >= 0.3 is 0 Å². The van der Waals surface area contributed by atoms with Crippen molar-refractivity contribution in [2.24, 2.45) is 0 Å². The number of hydrogen-bond donors (Lipinski definition) is 0. The van der Waals surface area contributed by atoms with Gasteiger partial charge < -0.3 is 4.74 Å². The molecular weight excluding hydrogens is 426 g/mol. The number of ether oxygens (including phenoxy) is 1. The van der Waals surface area contributed by atoms with Crippen molar-refractivity contribution in [2.75, 3.05) is 25.4 Å². The first kappa shape index (κ1) is 21.4. The minimum Gasteiger partial charge on any atom is -0.376 e. The van der Waals surface area contributed by atoms with Crippen molar-refractivity contribution in [3.8, 4) is 0 Å². The summed E-state index contributed by atoms with van der Waals surface area (Å²) in [5, 5.41) is 12.3. The number of tetrazole rings is 1. The number of thioether (sulfide) groups is 1. The maximum absolute atomic E-state index is 12.7. The van der Waals surface area contributed by atoms with E-state index in [4.69, 9.17) is 4.74 Å². The molecule has 2 aromatic rings. The van der Waals surface area contributed by atoms with E-state index >= 15 is 0 Å². The molecule has 0 aliphatic carbocycles. The van der Waals surface area contributed by atoms with E-state index in [0.717, 1.165) is 38.7 Å². The Morgan fingerprint density at radius 3 is 2.60 bits per heavy atom. The molecule has 162 valence electrons. The summed E-state index contributed by atoms with van der Waals surface area (Å²) in [6.07, 6.45) is 4.97. The van der Waals surface area contributed by atoms with Gasteiger partial charge in [0.2, 0.25) is 15.2 Å². The molecule has 2 aliphatic heterocycles. The molecule has 2 aliphatic rings. The number of benzene rings is 1. The molecule has 0 amide bonds. The third-order valence-corrected chi connectivity index (χ3v) is 8.23. The fraction of sp³-hybridized carbons (Fsp3) is 0.579. The lowest BCUT2D eigenvalue weighted by Gasteiger charge is -2.25. The van der Waals surface area contributed by atoms with Gasteiger partial charge in [0.05, 0.1) is 23.3 Å². The number of Topliss-reactive ketones (excluding diaryl/α,β-unsaturated/α-hetero) is 1. The Morgan fingerprint density at radius 2 is 1.90 bits per heavy atom. The molecule has 2 fully saturated rings. The highest BCUT2D eigenvalue weighted by atomic mass is 32.2. The zero-order chi connectivity index (χ0) is 21.0. The Bertz CT molecular complexity index is 965. The molecule has 1 aromatic heterocycles. The highest BCUT2D eigenvalue weighted by molar-refractivity contribution is 7.99. The van der Waals surface area contributed by atoms with Gasteiger partial charge in [0.25, 0.3) is 0 Å². The molecule has 0 radical (unpaired) electrons. The standard InChI is InChI=1S/C19H25N5O4S2/c25-18(14-29-19-20-21-22-24(19)13-16-5-4-12-28-16)15-6-8-17(9-7-15)30(26,27)23-10-2-1-3-11-23/h6-9,16H,1-5,10-14H2. The van der Waals surface area contributed by atoms with Gasteiger partial charge in [-0.25, -0.2) is 13.1 Å². The molecule has 1 aromatic carbocycles. The van der Waals surface area contributed by atoms with Crippen molar-refractivity contribution in [1.82, 2.24) is 24.5 Å². The normalized spacial score (nSPS) is 20.5. The van der Waals surface area contributed by atoms with Gasteiger partial charge in [-0.05, 0) is 48.2 Å². The van der Waals surface area contributed by atoms with Crippen molar-refractivity contribution >= 4 is 27.6 Å². The van der Waals surface area contributed by atoms with Crippen LogP contribution in [0, 0.1) is 0 Å². The van der Waals surface area contributed by atoms with Gasteiger partial charge in [0.15, 0.2) is 5.78 Å². The largest absolute Gasteiger partial charge is 0.376 e. The summed E-state index contributed by atoms with van der Waals surface area (Å²) in [5.74, 6) is 0.0676. The van der Waals surface area contributed by atoms with Crippen molar-refractivity contribution < 1.29 is 17.9 Å². The second-order valence-electron chi connectivity index (χ2n) is 7.48. The van der Waals surface area contributed by atoms with Crippen LogP contribution in [-0.4, -0.2) is 70.3 Å². The topological polar surface area (TPSA) is 107 Å². The van der Waals surface area contributed by atoms with Crippen LogP contribution >= 0.6 is 11.8 Å². The summed E-state index contributed by atoms with van der Waals surface area (Å²) in [5.41, 5.74) is 0.471. The SMILES string of the molecule is O=C(CSc1nnnn1CC1CCCO1)c1ccc(S(=O)(=O)N2CCCCC2)cc1. The van der Waals surface area contributed by atoms with Gasteiger partial charge in [0, 0.05) is 25.3 Å². The Kier molecular flexibility index (Phi) is 6.81. The van der Waals surface area contributed by atoms with Crippen LogP contribution in [0.4, 0.5) is 0 Å². The Morgan fingerprint density at radius 1 is 1.13 bits per heavy atom. The molecule has 2 saturated heterocycles. The second kappa shape index (κ2) is 9.54. The first-order chi connectivity index (χ1) is 14.5. The van der Waals surface area contributed by atoms with E-state index in [0.29, 0.717) is 30.4 Å². The van der Waals surface area contributed by atoms with Crippen molar-refractivity contribution in [2.45, 2.75) is 54.8 Å². The highest BCUT2D eigenvalue weighted by Gasteiger charge is 2.26. The number of piperidine rings is 1. The summed E-state index contributed by atoms with van der Waals surface area (Å²) < 4.78 is 34.3. The quantitative estimate of drug-likeness (QED) is 0.443. The number of hydrogen-bond acceptors (Lipinski definition) is 8. The smallest absolute Gasteiger partial charge is 0.243 e. The molecule has 1 unspecified atom stereocenters. The number of sulfonamides is 1. The molecule has 11 heteroatoms. The molecule has 1 atom stereocenters. The Balaban J connectivity index is 1.36. The fourth-order valence-corrected chi connectivity index (χ4v) is 5.97. The van der Waals surface area contributed by atoms with Gasteiger partial charge in [-0.1, -0.05) is 30.3 Å². The Hall–Kier alpha value is -1.82. The van der Waals surface area contributed by atoms with Crippen molar-refractivity contribution in [3.63, 3.8) is 0 Å². The van der Waals surface area contributed by atoms with E-state index in [2.05, 4.69) is 15.5 Å². The number of nitrogens with zero attached hydrogens (tertiary/aromatic N) is 5. The number of ketones is 1. The average molecular weight is 452 g/mol. The van der Waals surface area contributed by atoms with Crippen molar-refractivity contribution in [1.29, 1.82) is 0 Å². The van der Waals surface area contributed by atoms with Crippen LogP contribution < -0.4 is 0 Å². The van der Waals surface area contributed by atoms with Crippen LogP contribution in [0.2, 0.25) is 0 Å². The van der Waals surface area contributed by atoms with Crippen LogP contribution in [0.3, 0.4) is 0 Å². The third-order valence-electron chi connectivity index (χ3n) is 5.36. The number of aromatic nitrogens is 4. The van der Waals surface area contributed by atoms with E-state index in [1.165, 1.54) is 28.2 Å². The minimum atomic E-state index is -3.49. The van der Waals surface area contributed by atoms with E-state index in [1.54, 1.807) is 16.8 Å². The highest BCUT2D eigenvalue weighted by Crippen LogP contribution is 2.22. The predicted octanol–water partition coefficient (Wildman–Crippen LogP) is 2.00. The van der Waals surface area contributed by atoms with Crippen LogP contribution in [0.5, 0.6) is 0 Å². The number of carbonyl (C=O) groups excluding carboxylic acids is 1. The first-order valence-electron chi connectivity index (χ1n) is 10.2. The van der Waals surface area contributed by atoms with Gasteiger partial charge in [0.1, 0.15) is 0 Å². The van der Waals surface area contributed by atoms with E-state index in [1.807, 2.05) is 0 Å². The zero-order valence-corrected chi connectivity index (χ0v) is 18.3. The van der Waals surface area contributed by atoms with E-state index in [9.17, 15) is 13.2 Å². The van der Waals surface area contributed by atoms with Gasteiger partial charge in [-0.2, -0.15) is 4.31 Å². The molecule has 0 bridgehead atoms. The zero-order valence-electron chi connectivity index (χ0n) is 16.6. The molecule has 0 N–H and O–H groups in total. The fourth-order valence-electron chi connectivity index (χ4n) is 3.68. The molecule has 0 spiro atoms. The molecular formula is C19H25N5O4S2. The van der Waals surface area contributed by atoms with Crippen LogP contribution in [-0.2, 0) is 21.3 Å². The summed E-state index contributed by atoms with van der Waals surface area (Å²) in [6, 6.07) is 6.19. The Labute approximate surface area is 180 Å². The maximum atomic E-state index is 12.7. The second-order valence-corrected chi connectivity index (χ2v) is 10.4. The van der Waals surface area contributed by atoms with Gasteiger partial charge in [-0.3, -0.25) is 4.79 Å². The molecule has 30 heavy (non-hydrogen) atoms. The third kappa shape index (κ3) is 4.90. The lowest BCUT2D eigenvalue weighted by molar-refractivity contribution is 0.0912. The summed E-state index contributed by atoms with van der Waals surface area (Å²) in [4.78, 5) is 12.8. The van der Waals surface area contributed by atoms with Crippen LogP contribution in [0.15, 0.2) is 34.3 Å². The molecule has 0 saturated carbocycles. The summed E-state index contributed by atoms with van der Waals surface area (Å²) in [6.45, 7) is 2.45. The average Bonchev–Trinajstić information content (AvgIpc) is 3.45. The van der Waals surface area contributed by atoms with Gasteiger partial charge in [-0.15, -0.1) is 5.10 Å². The maximum Gasteiger partial charge on any atom is 0.243 e. The van der Waals surface area contributed by atoms with Crippen LogP contribution in [0.25, 0.3) is 0 Å². The first-order valence-corrected chi connectivity index (χ1v) is 12.6. The van der Waals surface area contributed by atoms with Crippen molar-refractivity contribution in [3.05, 3.63) is 29.8 Å². The number of carbonyl (C=O) groups is 1. The minimum absolute atomic E-state index is 0.103. The predicted molar refractivity (Wildman–Crippen MR) is 111 cm³/mol. The van der Waals surface area contributed by atoms with E-state index < -0.39 is 10.0 Å². The van der Waals surface area contributed by atoms with E-state index in [-0.39, 0.29) is 22.5 Å². The van der Waals surface area contributed by atoms with Crippen LogP contribution in [0.1, 0.15) is 42.5 Å². The molecule has 4 rings (SSSR count).